The van der Waals surface area contributed by atoms with Crippen molar-refractivity contribution in [2.45, 2.75) is 13.2 Å². The SMILES string of the molecule is [2H]C([2H])([2H])C([2H])([2H])c1cnc(N)c(Br)n1. The van der Waals surface area contributed by atoms with Gasteiger partial charge >= 0.3 is 0 Å². The van der Waals surface area contributed by atoms with Crippen LogP contribution in [0.25, 0.3) is 0 Å². The van der Waals surface area contributed by atoms with Gasteiger partial charge in [-0.3, -0.25) is 0 Å². The van der Waals surface area contributed by atoms with E-state index in [0.717, 1.165) is 6.20 Å². The molecule has 54 valence electrons. The number of hydrogen-bond donors (Lipinski definition) is 1. The monoisotopic (exact) mass is 206 g/mol. The Morgan fingerprint density at radius 2 is 2.80 bits per heavy atom. The average Bonchev–Trinajstić information content (AvgIpc) is 2.07. The molecule has 0 unspecified atom stereocenters. The van der Waals surface area contributed by atoms with E-state index in [2.05, 4.69) is 25.9 Å². The summed E-state index contributed by atoms with van der Waals surface area (Å²) in [5.74, 6) is 0.0834. The Hall–Kier alpha value is -0.640. The van der Waals surface area contributed by atoms with E-state index in [1.54, 1.807) is 0 Å². The van der Waals surface area contributed by atoms with Gasteiger partial charge in [0.1, 0.15) is 4.60 Å². The second-order valence-electron chi connectivity index (χ2n) is 1.56. The van der Waals surface area contributed by atoms with Gasteiger partial charge in [0.2, 0.25) is 0 Å². The highest BCUT2D eigenvalue weighted by Crippen LogP contribution is 2.12. The van der Waals surface area contributed by atoms with E-state index < -0.39 is 13.2 Å². The van der Waals surface area contributed by atoms with E-state index in [1.165, 1.54) is 0 Å². The molecule has 1 heterocycles. The van der Waals surface area contributed by atoms with Crippen LogP contribution in [0.1, 0.15) is 19.4 Å². The Balaban J connectivity index is 3.22. The van der Waals surface area contributed by atoms with Gasteiger partial charge in [0, 0.05) is 6.85 Å². The number of halogens is 1. The smallest absolute Gasteiger partial charge is 0.156 e. The molecule has 3 nitrogen and oxygen atoms in total. The molecule has 1 rings (SSSR count). The van der Waals surface area contributed by atoms with E-state index in [0.29, 0.717) is 0 Å². The molecule has 10 heavy (non-hydrogen) atoms. The lowest BCUT2D eigenvalue weighted by Crippen LogP contribution is -1.96. The largest absolute Gasteiger partial charge is 0.381 e. The molecule has 0 aliphatic rings. The molecule has 0 spiro atoms. The quantitative estimate of drug-likeness (QED) is 0.756. The van der Waals surface area contributed by atoms with Crippen LogP contribution in [-0.4, -0.2) is 9.97 Å². The van der Waals surface area contributed by atoms with Crippen LogP contribution in [-0.2, 0) is 6.37 Å². The Bertz CT molecular complexity index is 378. The molecule has 0 amide bonds. The number of nitrogen functional groups attached to an aromatic ring is 1. The summed E-state index contributed by atoms with van der Waals surface area (Å²) in [5, 5.41) is 0. The molecule has 0 atom stereocenters. The van der Waals surface area contributed by atoms with Gasteiger partial charge in [-0.2, -0.15) is 0 Å². The third-order valence-electron chi connectivity index (χ3n) is 0.884. The van der Waals surface area contributed by atoms with E-state index in [-0.39, 0.29) is 16.1 Å². The molecular weight excluding hydrogens is 194 g/mol. The molecule has 0 aliphatic heterocycles. The van der Waals surface area contributed by atoms with Crippen molar-refractivity contribution in [1.82, 2.24) is 9.97 Å². The van der Waals surface area contributed by atoms with Gasteiger partial charge in [-0.25, -0.2) is 9.97 Å². The number of hydrogen-bond acceptors (Lipinski definition) is 3. The van der Waals surface area contributed by atoms with Gasteiger partial charge in [0.25, 0.3) is 0 Å². The summed E-state index contributed by atoms with van der Waals surface area (Å²) in [5.41, 5.74) is 5.08. The van der Waals surface area contributed by atoms with Crippen LogP contribution in [0.4, 0.5) is 5.82 Å². The fourth-order valence-electron chi connectivity index (χ4n) is 0.436. The number of nitrogens with two attached hydrogens (primary N) is 1. The molecule has 2 N–H and O–H groups in total. The third-order valence-corrected chi connectivity index (χ3v) is 1.47. The highest BCUT2D eigenvalue weighted by atomic mass is 79.9. The molecule has 0 radical (unpaired) electrons. The molecule has 0 saturated carbocycles. The maximum absolute atomic E-state index is 7.43. The van der Waals surface area contributed by atoms with E-state index in [4.69, 9.17) is 12.6 Å². The summed E-state index contributed by atoms with van der Waals surface area (Å²) in [4.78, 5) is 7.34. The minimum atomic E-state index is -2.79. The fourth-order valence-corrected chi connectivity index (χ4v) is 0.729. The normalized spacial score (nSPS) is 19.9. The minimum Gasteiger partial charge on any atom is -0.381 e. The molecule has 0 saturated heterocycles. The van der Waals surface area contributed by atoms with Gasteiger partial charge in [-0.15, -0.1) is 0 Å². The van der Waals surface area contributed by atoms with Crippen molar-refractivity contribution in [3.05, 3.63) is 16.5 Å². The molecule has 0 aromatic carbocycles. The molecular formula is C6H8BrN3. The van der Waals surface area contributed by atoms with Crippen LogP contribution in [0.5, 0.6) is 0 Å². The van der Waals surface area contributed by atoms with Crippen molar-refractivity contribution in [3.8, 4) is 0 Å². The van der Waals surface area contributed by atoms with Crippen LogP contribution in [0.2, 0.25) is 0 Å². The lowest BCUT2D eigenvalue weighted by atomic mass is 10.4. The zero-order valence-electron chi connectivity index (χ0n) is 9.93. The molecule has 0 fully saturated rings. The van der Waals surface area contributed by atoms with Crippen LogP contribution in [0.3, 0.4) is 0 Å². The number of anilines is 1. The van der Waals surface area contributed by atoms with Crippen molar-refractivity contribution in [2.75, 3.05) is 5.73 Å². The lowest BCUT2D eigenvalue weighted by Gasteiger charge is -1.97. The first-order chi connectivity index (χ1) is 6.66. The van der Waals surface area contributed by atoms with Crippen molar-refractivity contribution in [1.29, 1.82) is 0 Å². The van der Waals surface area contributed by atoms with Crippen molar-refractivity contribution < 1.29 is 6.85 Å². The first-order valence-corrected chi connectivity index (χ1v) is 3.24. The Kier molecular flexibility index (Phi) is 0.940. The number of rotatable bonds is 1. The average molecular weight is 207 g/mol. The van der Waals surface area contributed by atoms with Crippen molar-refractivity contribution in [2.24, 2.45) is 0 Å². The van der Waals surface area contributed by atoms with Gasteiger partial charge in [0.15, 0.2) is 5.82 Å². The highest BCUT2D eigenvalue weighted by molar-refractivity contribution is 9.10. The van der Waals surface area contributed by atoms with Crippen LogP contribution >= 0.6 is 15.9 Å². The standard InChI is InChI=1S/C6H8BrN3/c1-2-4-3-9-6(8)5(7)10-4/h3H,2H2,1H3,(H2,8,9)/i1D3,2D2. The van der Waals surface area contributed by atoms with Crippen LogP contribution in [0.15, 0.2) is 10.8 Å². The summed E-state index contributed by atoms with van der Waals surface area (Å²) < 4.78 is 36.1. The van der Waals surface area contributed by atoms with Gasteiger partial charge in [0.05, 0.1) is 11.9 Å². The Morgan fingerprint density at radius 3 is 3.40 bits per heavy atom. The van der Waals surface area contributed by atoms with Crippen LogP contribution in [0, 0.1) is 0 Å². The summed E-state index contributed by atoms with van der Waals surface area (Å²) in [7, 11) is 0. The maximum atomic E-state index is 7.43. The second kappa shape index (κ2) is 2.96. The molecule has 1 aromatic rings. The predicted octanol–water partition coefficient (Wildman–Crippen LogP) is 1.38. The van der Waals surface area contributed by atoms with Gasteiger partial charge in [-0.1, -0.05) is 6.85 Å². The minimum absolute atomic E-state index is 0.0834. The van der Waals surface area contributed by atoms with Gasteiger partial charge < -0.3 is 5.73 Å². The number of aromatic nitrogens is 2. The Morgan fingerprint density at radius 1 is 2.00 bits per heavy atom. The first kappa shape index (κ1) is 3.17. The summed E-state index contributed by atoms with van der Waals surface area (Å²) in [6.45, 7) is -2.79. The predicted molar refractivity (Wildman–Crippen MR) is 43.5 cm³/mol. The molecule has 1 aromatic heterocycles. The Labute approximate surface area is 74.8 Å². The molecule has 4 heteroatoms. The van der Waals surface area contributed by atoms with E-state index in [9.17, 15) is 0 Å². The molecule has 0 aliphatic carbocycles. The van der Waals surface area contributed by atoms with E-state index in [1.807, 2.05) is 0 Å². The second-order valence-corrected chi connectivity index (χ2v) is 2.31. The number of nitrogens with zero attached hydrogens (tertiary/aromatic N) is 2. The van der Waals surface area contributed by atoms with E-state index >= 15 is 0 Å². The number of aryl methyl sites for hydroxylation is 1. The van der Waals surface area contributed by atoms with Crippen molar-refractivity contribution >= 4 is 21.7 Å². The third kappa shape index (κ3) is 1.44. The first-order valence-electron chi connectivity index (χ1n) is 4.95. The van der Waals surface area contributed by atoms with Crippen LogP contribution < -0.4 is 5.73 Å². The van der Waals surface area contributed by atoms with Gasteiger partial charge in [-0.05, 0) is 22.3 Å². The maximum Gasteiger partial charge on any atom is 0.156 e. The summed E-state index contributed by atoms with van der Waals surface area (Å²) in [6.07, 6.45) is -1.53. The summed E-state index contributed by atoms with van der Waals surface area (Å²) >= 11 is 2.96. The zero-order chi connectivity index (χ0) is 11.9. The molecule has 0 bridgehead atoms. The lowest BCUT2D eigenvalue weighted by molar-refractivity contribution is 0.989. The highest BCUT2D eigenvalue weighted by Gasteiger charge is 1.97. The fraction of sp³-hybridized carbons (Fsp3) is 0.333. The topological polar surface area (TPSA) is 51.8 Å². The summed E-state index contributed by atoms with van der Waals surface area (Å²) in [6, 6.07) is 0. The zero-order valence-corrected chi connectivity index (χ0v) is 6.51. The van der Waals surface area contributed by atoms with Crippen molar-refractivity contribution in [3.63, 3.8) is 0 Å².